The molecule has 0 aromatic carbocycles. The third-order valence-electron chi connectivity index (χ3n) is 5.81. The standard InChI is InChI=1S/C19H30N4O2/c24-19(23-12-10-21(11-13-23)16-6-7-16)20-15-17(18-5-4-14-25-18)22-8-2-1-3-9-22/h4-5,14,16-17H,1-3,6-13,15H2,(H,20,24). The number of piperidine rings is 1. The third kappa shape index (κ3) is 4.18. The van der Waals surface area contributed by atoms with Gasteiger partial charge in [-0.1, -0.05) is 6.42 Å². The lowest BCUT2D eigenvalue weighted by Crippen LogP contribution is -2.53. The van der Waals surface area contributed by atoms with E-state index >= 15 is 0 Å². The Bertz CT molecular complexity index is 544. The van der Waals surface area contributed by atoms with Gasteiger partial charge in [-0.3, -0.25) is 9.80 Å². The van der Waals surface area contributed by atoms with Crippen molar-refractivity contribution in [3.05, 3.63) is 24.2 Å². The first-order chi connectivity index (χ1) is 12.3. The Hall–Kier alpha value is -1.53. The van der Waals surface area contributed by atoms with Crippen LogP contribution >= 0.6 is 0 Å². The van der Waals surface area contributed by atoms with E-state index in [4.69, 9.17) is 4.42 Å². The van der Waals surface area contributed by atoms with Crippen molar-refractivity contribution in [3.8, 4) is 0 Å². The molecule has 6 nitrogen and oxygen atoms in total. The molecule has 138 valence electrons. The third-order valence-corrected chi connectivity index (χ3v) is 5.81. The first-order valence-electron chi connectivity index (χ1n) is 9.85. The van der Waals surface area contributed by atoms with Gasteiger partial charge < -0.3 is 14.6 Å². The number of urea groups is 1. The van der Waals surface area contributed by atoms with E-state index in [1.807, 2.05) is 17.0 Å². The van der Waals surface area contributed by atoms with Crippen LogP contribution in [0.4, 0.5) is 4.79 Å². The number of carbonyl (C=O) groups excluding carboxylic acids is 1. The van der Waals surface area contributed by atoms with Gasteiger partial charge in [0.2, 0.25) is 0 Å². The molecule has 2 saturated heterocycles. The Morgan fingerprint density at radius 1 is 1.12 bits per heavy atom. The van der Waals surface area contributed by atoms with Crippen molar-refractivity contribution in [1.29, 1.82) is 0 Å². The first kappa shape index (κ1) is 16.9. The van der Waals surface area contributed by atoms with Crippen LogP contribution in [0.3, 0.4) is 0 Å². The second kappa shape index (κ2) is 7.79. The van der Waals surface area contributed by atoms with Crippen LogP contribution in [-0.2, 0) is 0 Å². The van der Waals surface area contributed by atoms with Gasteiger partial charge in [-0.2, -0.15) is 0 Å². The Kier molecular flexibility index (Phi) is 5.27. The topological polar surface area (TPSA) is 52.0 Å². The zero-order chi connectivity index (χ0) is 17.1. The molecule has 2 amide bonds. The predicted molar refractivity (Wildman–Crippen MR) is 96.4 cm³/mol. The number of furan rings is 1. The maximum atomic E-state index is 12.6. The van der Waals surface area contributed by atoms with Crippen molar-refractivity contribution in [2.45, 2.75) is 44.2 Å². The molecular weight excluding hydrogens is 316 g/mol. The quantitative estimate of drug-likeness (QED) is 0.889. The molecule has 1 aromatic heterocycles. The van der Waals surface area contributed by atoms with Crippen LogP contribution in [-0.4, -0.2) is 72.6 Å². The minimum atomic E-state index is 0.0732. The second-order valence-corrected chi connectivity index (χ2v) is 7.57. The molecule has 0 spiro atoms. The van der Waals surface area contributed by atoms with Gasteiger partial charge in [0, 0.05) is 38.8 Å². The zero-order valence-electron chi connectivity index (χ0n) is 15.0. The fourth-order valence-corrected chi connectivity index (χ4v) is 4.15. The van der Waals surface area contributed by atoms with E-state index in [2.05, 4.69) is 15.1 Å². The monoisotopic (exact) mass is 346 g/mol. The highest BCUT2D eigenvalue weighted by atomic mass is 16.3. The van der Waals surface area contributed by atoms with Crippen molar-refractivity contribution in [2.24, 2.45) is 0 Å². The Balaban J connectivity index is 1.30. The molecule has 25 heavy (non-hydrogen) atoms. The van der Waals surface area contributed by atoms with Gasteiger partial charge >= 0.3 is 6.03 Å². The molecule has 3 fully saturated rings. The van der Waals surface area contributed by atoms with Crippen LogP contribution in [0, 0.1) is 0 Å². The molecule has 6 heteroatoms. The number of nitrogens with zero attached hydrogens (tertiary/aromatic N) is 3. The van der Waals surface area contributed by atoms with Gasteiger partial charge in [-0.05, 0) is 50.9 Å². The van der Waals surface area contributed by atoms with E-state index in [9.17, 15) is 4.79 Å². The lowest BCUT2D eigenvalue weighted by molar-refractivity contribution is 0.123. The SMILES string of the molecule is O=C(NCC(c1ccco1)N1CCCCC1)N1CCN(C2CC2)CC1. The van der Waals surface area contributed by atoms with Crippen molar-refractivity contribution in [3.63, 3.8) is 0 Å². The normalized spacial score (nSPS) is 24.2. The number of nitrogens with one attached hydrogen (secondary N) is 1. The van der Waals surface area contributed by atoms with Gasteiger partial charge in [0.25, 0.3) is 0 Å². The smallest absolute Gasteiger partial charge is 0.317 e. The summed E-state index contributed by atoms with van der Waals surface area (Å²) < 4.78 is 5.66. The molecule has 1 atom stereocenters. The highest BCUT2D eigenvalue weighted by molar-refractivity contribution is 5.74. The largest absolute Gasteiger partial charge is 0.468 e. The lowest BCUT2D eigenvalue weighted by atomic mass is 10.1. The molecule has 1 saturated carbocycles. The first-order valence-corrected chi connectivity index (χ1v) is 9.85. The molecule has 0 bridgehead atoms. The number of likely N-dealkylation sites (tertiary alicyclic amines) is 1. The van der Waals surface area contributed by atoms with E-state index < -0.39 is 0 Å². The van der Waals surface area contributed by atoms with E-state index in [0.29, 0.717) is 6.54 Å². The fraction of sp³-hybridized carbons (Fsp3) is 0.737. The molecule has 1 unspecified atom stereocenters. The van der Waals surface area contributed by atoms with Gasteiger partial charge in [-0.25, -0.2) is 4.79 Å². The molecule has 0 radical (unpaired) electrons. The molecule has 1 aliphatic carbocycles. The number of carbonyl (C=O) groups is 1. The maximum absolute atomic E-state index is 12.6. The molecule has 2 aliphatic heterocycles. The molecule has 1 N–H and O–H groups in total. The van der Waals surface area contributed by atoms with E-state index in [-0.39, 0.29) is 12.1 Å². The van der Waals surface area contributed by atoms with E-state index in [0.717, 1.165) is 51.1 Å². The van der Waals surface area contributed by atoms with Crippen LogP contribution in [0.1, 0.15) is 43.9 Å². The van der Waals surface area contributed by atoms with E-state index in [1.165, 1.54) is 32.1 Å². The van der Waals surface area contributed by atoms with Crippen LogP contribution in [0.2, 0.25) is 0 Å². The number of hydrogen-bond acceptors (Lipinski definition) is 4. The minimum Gasteiger partial charge on any atom is -0.468 e. The summed E-state index contributed by atoms with van der Waals surface area (Å²) in [5.41, 5.74) is 0. The molecule has 3 aliphatic rings. The molecule has 1 aromatic rings. The summed E-state index contributed by atoms with van der Waals surface area (Å²) in [4.78, 5) is 19.5. The van der Waals surface area contributed by atoms with Crippen LogP contribution in [0.25, 0.3) is 0 Å². The Labute approximate surface area is 150 Å². The summed E-state index contributed by atoms with van der Waals surface area (Å²) in [5, 5.41) is 3.16. The van der Waals surface area contributed by atoms with Gasteiger partial charge in [0.15, 0.2) is 0 Å². The van der Waals surface area contributed by atoms with Gasteiger partial charge in [-0.15, -0.1) is 0 Å². The predicted octanol–water partition coefficient (Wildman–Crippen LogP) is 2.30. The van der Waals surface area contributed by atoms with E-state index in [1.54, 1.807) is 6.26 Å². The fourth-order valence-electron chi connectivity index (χ4n) is 4.15. The number of hydrogen-bond donors (Lipinski definition) is 1. The highest BCUT2D eigenvalue weighted by Crippen LogP contribution is 2.27. The maximum Gasteiger partial charge on any atom is 0.317 e. The molecule has 4 rings (SSSR count). The van der Waals surface area contributed by atoms with Crippen molar-refractivity contribution < 1.29 is 9.21 Å². The number of rotatable bonds is 5. The Morgan fingerprint density at radius 3 is 2.52 bits per heavy atom. The number of piperazine rings is 1. The zero-order valence-corrected chi connectivity index (χ0v) is 15.0. The molecular formula is C19H30N4O2. The Morgan fingerprint density at radius 2 is 1.88 bits per heavy atom. The van der Waals surface area contributed by atoms with Crippen LogP contribution in [0.15, 0.2) is 22.8 Å². The minimum absolute atomic E-state index is 0.0732. The summed E-state index contributed by atoms with van der Waals surface area (Å²) in [6.07, 6.45) is 8.17. The molecule has 3 heterocycles. The lowest BCUT2D eigenvalue weighted by Gasteiger charge is -2.36. The van der Waals surface area contributed by atoms with Crippen molar-refractivity contribution in [2.75, 3.05) is 45.8 Å². The summed E-state index contributed by atoms with van der Waals surface area (Å²) in [7, 11) is 0. The summed E-state index contributed by atoms with van der Waals surface area (Å²) in [6.45, 7) is 6.52. The summed E-state index contributed by atoms with van der Waals surface area (Å²) in [5.74, 6) is 0.959. The van der Waals surface area contributed by atoms with Crippen molar-refractivity contribution in [1.82, 2.24) is 20.0 Å². The number of amides is 2. The summed E-state index contributed by atoms with van der Waals surface area (Å²) >= 11 is 0. The second-order valence-electron chi connectivity index (χ2n) is 7.57. The average molecular weight is 346 g/mol. The van der Waals surface area contributed by atoms with Gasteiger partial charge in [0.1, 0.15) is 5.76 Å². The van der Waals surface area contributed by atoms with Crippen LogP contribution in [0.5, 0.6) is 0 Å². The van der Waals surface area contributed by atoms with Crippen molar-refractivity contribution >= 4 is 6.03 Å². The summed E-state index contributed by atoms with van der Waals surface area (Å²) in [6, 6.07) is 4.98. The highest BCUT2D eigenvalue weighted by Gasteiger charge is 2.32. The average Bonchev–Trinajstić information content (AvgIpc) is 3.38. The van der Waals surface area contributed by atoms with Gasteiger partial charge in [0.05, 0.1) is 12.3 Å². The van der Waals surface area contributed by atoms with Crippen LogP contribution < -0.4 is 5.32 Å².